The van der Waals surface area contributed by atoms with Crippen LogP contribution in [0.5, 0.6) is 0 Å². The number of aliphatic hydroxyl groups is 1. The Morgan fingerprint density at radius 1 is 1.38 bits per heavy atom. The van der Waals surface area contributed by atoms with Crippen LogP contribution in [-0.4, -0.2) is 38.8 Å². The third kappa shape index (κ3) is 4.08. The van der Waals surface area contributed by atoms with Gasteiger partial charge in [0.25, 0.3) is 5.91 Å². The van der Waals surface area contributed by atoms with Gasteiger partial charge in [-0.2, -0.15) is 9.61 Å². The molecular formula is C20H19ClN6O2. The maximum absolute atomic E-state index is 12.0. The number of benzene rings is 1. The molecule has 1 aliphatic heterocycles. The second-order valence-corrected chi connectivity index (χ2v) is 6.99. The molecule has 0 saturated carbocycles. The molecular weight excluding hydrogens is 392 g/mol. The highest BCUT2D eigenvalue weighted by molar-refractivity contribution is 6.30. The third-order valence-electron chi connectivity index (χ3n) is 4.33. The molecule has 0 atom stereocenters. The van der Waals surface area contributed by atoms with Gasteiger partial charge >= 0.3 is 0 Å². The van der Waals surface area contributed by atoms with Crippen LogP contribution in [0.3, 0.4) is 0 Å². The van der Waals surface area contributed by atoms with Crippen molar-refractivity contribution in [2.75, 3.05) is 23.8 Å². The van der Waals surface area contributed by atoms with Gasteiger partial charge in [0.2, 0.25) is 0 Å². The van der Waals surface area contributed by atoms with E-state index >= 15 is 0 Å². The lowest BCUT2D eigenvalue weighted by Gasteiger charge is -2.11. The summed E-state index contributed by atoms with van der Waals surface area (Å²) in [5.74, 6) is 1.06. The molecule has 2 aromatic heterocycles. The summed E-state index contributed by atoms with van der Waals surface area (Å²) >= 11 is 6.07. The Morgan fingerprint density at radius 2 is 2.24 bits per heavy atom. The summed E-state index contributed by atoms with van der Waals surface area (Å²) in [5.41, 5.74) is 3.32. The molecule has 3 aromatic rings. The zero-order chi connectivity index (χ0) is 20.4. The summed E-state index contributed by atoms with van der Waals surface area (Å²) in [7, 11) is 0. The quantitative estimate of drug-likeness (QED) is 0.466. The van der Waals surface area contributed by atoms with Crippen LogP contribution in [0.2, 0.25) is 5.02 Å². The molecule has 0 unspecified atom stereocenters. The number of rotatable bonds is 6. The van der Waals surface area contributed by atoms with Crippen LogP contribution in [0.4, 0.5) is 17.3 Å². The largest absolute Gasteiger partial charge is 0.395 e. The van der Waals surface area contributed by atoms with E-state index in [0.717, 1.165) is 5.69 Å². The van der Waals surface area contributed by atoms with E-state index in [-0.39, 0.29) is 12.5 Å². The van der Waals surface area contributed by atoms with E-state index in [1.165, 1.54) is 0 Å². The number of halogens is 1. The van der Waals surface area contributed by atoms with Gasteiger partial charge < -0.3 is 21.1 Å². The van der Waals surface area contributed by atoms with Gasteiger partial charge in [-0.05, 0) is 24.3 Å². The Labute approximate surface area is 171 Å². The standard InChI is InChI=1S/C20H19ClN6O2/c1-12-7-13(20(29)24-12)8-14-11-23-27-18(22-5-6-28)10-17(26-19(14)27)25-16-4-2-3-15(21)9-16/h2-4,8-11,22,28H,1,5-7H2,(H,24,29)(H,25,26)/b13-8+. The Hall–Kier alpha value is -3.36. The van der Waals surface area contributed by atoms with Crippen molar-refractivity contribution in [3.05, 3.63) is 65.0 Å². The van der Waals surface area contributed by atoms with E-state index in [0.29, 0.717) is 52.1 Å². The highest BCUT2D eigenvalue weighted by Gasteiger charge is 2.20. The first-order valence-corrected chi connectivity index (χ1v) is 9.37. The second-order valence-electron chi connectivity index (χ2n) is 6.55. The van der Waals surface area contributed by atoms with Crippen molar-refractivity contribution in [3.8, 4) is 0 Å². The minimum Gasteiger partial charge on any atom is -0.395 e. The zero-order valence-corrected chi connectivity index (χ0v) is 16.2. The number of aliphatic hydroxyl groups excluding tert-OH is 1. The highest BCUT2D eigenvalue weighted by atomic mass is 35.5. The fraction of sp³-hybridized carbons (Fsp3) is 0.150. The van der Waals surface area contributed by atoms with Crippen molar-refractivity contribution in [2.24, 2.45) is 0 Å². The number of carbonyl (C=O) groups excluding carboxylic acids is 1. The molecule has 0 bridgehead atoms. The number of nitrogens with one attached hydrogen (secondary N) is 3. The molecule has 9 heteroatoms. The highest BCUT2D eigenvalue weighted by Crippen LogP contribution is 2.26. The van der Waals surface area contributed by atoms with Crippen LogP contribution in [0, 0.1) is 0 Å². The first-order chi connectivity index (χ1) is 14.0. The van der Waals surface area contributed by atoms with Crippen LogP contribution in [0.15, 0.2) is 54.4 Å². The summed E-state index contributed by atoms with van der Waals surface area (Å²) in [6, 6.07) is 9.10. The summed E-state index contributed by atoms with van der Waals surface area (Å²) in [5, 5.41) is 23.2. The molecule has 1 aromatic carbocycles. The van der Waals surface area contributed by atoms with Crippen molar-refractivity contribution < 1.29 is 9.90 Å². The zero-order valence-electron chi connectivity index (χ0n) is 15.4. The lowest BCUT2D eigenvalue weighted by Crippen LogP contribution is -2.12. The average molecular weight is 411 g/mol. The van der Waals surface area contributed by atoms with Crippen LogP contribution in [-0.2, 0) is 4.79 Å². The SMILES string of the molecule is C=C1C/C(=C\c2cnn3c(NCCO)cc(Nc4cccc(Cl)c4)nc23)C(=O)N1. The molecule has 8 nitrogen and oxygen atoms in total. The van der Waals surface area contributed by atoms with E-state index < -0.39 is 0 Å². The fourth-order valence-corrected chi connectivity index (χ4v) is 3.26. The molecule has 4 rings (SSSR count). The van der Waals surface area contributed by atoms with E-state index in [1.807, 2.05) is 12.1 Å². The lowest BCUT2D eigenvalue weighted by atomic mass is 10.1. The predicted molar refractivity (Wildman–Crippen MR) is 113 cm³/mol. The minimum absolute atomic E-state index is 0.0265. The van der Waals surface area contributed by atoms with Crippen molar-refractivity contribution in [2.45, 2.75) is 6.42 Å². The van der Waals surface area contributed by atoms with Gasteiger partial charge in [-0.3, -0.25) is 4.79 Å². The first-order valence-electron chi connectivity index (χ1n) is 8.99. The molecule has 1 fully saturated rings. The molecule has 4 N–H and O–H groups in total. The Balaban J connectivity index is 1.77. The molecule has 1 aliphatic rings. The molecule has 29 heavy (non-hydrogen) atoms. The number of fused-ring (bicyclic) bond motifs is 1. The molecule has 0 aliphatic carbocycles. The van der Waals surface area contributed by atoms with Crippen molar-refractivity contribution in [1.29, 1.82) is 0 Å². The molecule has 0 radical (unpaired) electrons. The maximum atomic E-state index is 12.0. The van der Waals surface area contributed by atoms with Gasteiger partial charge in [0.15, 0.2) is 5.65 Å². The van der Waals surface area contributed by atoms with E-state index in [9.17, 15) is 9.90 Å². The van der Waals surface area contributed by atoms with Crippen LogP contribution in [0.1, 0.15) is 12.0 Å². The van der Waals surface area contributed by atoms with Gasteiger partial charge in [0.05, 0.1) is 12.8 Å². The normalized spacial score (nSPS) is 15.2. The number of amides is 1. The second kappa shape index (κ2) is 7.94. The van der Waals surface area contributed by atoms with Crippen molar-refractivity contribution >= 4 is 46.6 Å². The number of anilines is 3. The van der Waals surface area contributed by atoms with E-state index in [1.54, 1.807) is 35.0 Å². The lowest BCUT2D eigenvalue weighted by molar-refractivity contribution is -0.115. The number of hydrogen-bond donors (Lipinski definition) is 4. The van der Waals surface area contributed by atoms with Crippen molar-refractivity contribution in [3.63, 3.8) is 0 Å². The van der Waals surface area contributed by atoms with Crippen molar-refractivity contribution in [1.82, 2.24) is 19.9 Å². The average Bonchev–Trinajstić information content (AvgIpc) is 3.22. The van der Waals surface area contributed by atoms with Gasteiger partial charge in [0.1, 0.15) is 11.6 Å². The molecule has 3 heterocycles. The van der Waals surface area contributed by atoms with Crippen LogP contribution < -0.4 is 16.0 Å². The first kappa shape index (κ1) is 19.0. The Kier molecular flexibility index (Phi) is 5.20. The molecule has 1 saturated heterocycles. The Morgan fingerprint density at radius 3 is 2.97 bits per heavy atom. The Bertz CT molecular complexity index is 1140. The summed E-state index contributed by atoms with van der Waals surface area (Å²) < 4.78 is 1.63. The summed E-state index contributed by atoms with van der Waals surface area (Å²) in [6.45, 7) is 4.13. The molecule has 148 valence electrons. The van der Waals surface area contributed by atoms with Gasteiger partial charge in [0, 0.05) is 46.6 Å². The van der Waals surface area contributed by atoms with E-state index in [2.05, 4.69) is 32.6 Å². The number of carbonyl (C=O) groups is 1. The van der Waals surface area contributed by atoms with E-state index in [4.69, 9.17) is 11.6 Å². The summed E-state index contributed by atoms with van der Waals surface area (Å²) in [6.07, 6.45) is 3.88. The predicted octanol–water partition coefficient (Wildman–Crippen LogP) is 2.95. The van der Waals surface area contributed by atoms with Gasteiger partial charge in [-0.25, -0.2) is 4.98 Å². The summed E-state index contributed by atoms with van der Waals surface area (Å²) in [4.78, 5) is 16.7. The van der Waals surface area contributed by atoms with Crippen LogP contribution >= 0.6 is 11.6 Å². The minimum atomic E-state index is -0.166. The maximum Gasteiger partial charge on any atom is 0.251 e. The number of aromatic nitrogens is 3. The fourth-order valence-electron chi connectivity index (χ4n) is 3.07. The van der Waals surface area contributed by atoms with Crippen LogP contribution in [0.25, 0.3) is 11.7 Å². The number of allylic oxidation sites excluding steroid dienone is 1. The smallest absolute Gasteiger partial charge is 0.251 e. The van der Waals surface area contributed by atoms with Gasteiger partial charge in [-0.1, -0.05) is 24.2 Å². The van der Waals surface area contributed by atoms with Gasteiger partial charge in [-0.15, -0.1) is 0 Å². The molecule has 0 spiro atoms. The third-order valence-corrected chi connectivity index (χ3v) is 4.56. The number of hydrogen-bond acceptors (Lipinski definition) is 6. The number of nitrogens with zero attached hydrogens (tertiary/aromatic N) is 3. The molecule has 1 amide bonds. The topological polar surface area (TPSA) is 104 Å². The monoisotopic (exact) mass is 410 g/mol.